The van der Waals surface area contributed by atoms with E-state index in [0.717, 1.165) is 23.3 Å². The fourth-order valence-corrected chi connectivity index (χ4v) is 4.50. The first-order chi connectivity index (χ1) is 16.5. The van der Waals surface area contributed by atoms with Crippen LogP contribution in [0.4, 0.5) is 0 Å². The first-order valence-corrected chi connectivity index (χ1v) is 11.5. The lowest BCUT2D eigenvalue weighted by Gasteiger charge is -2.26. The van der Waals surface area contributed by atoms with Crippen LogP contribution in [0.3, 0.4) is 0 Å². The lowest BCUT2D eigenvalue weighted by atomic mass is 9.95. The molecule has 0 saturated carbocycles. The van der Waals surface area contributed by atoms with E-state index in [1.807, 2.05) is 44.2 Å². The summed E-state index contributed by atoms with van der Waals surface area (Å²) in [6, 6.07) is 14.2. The van der Waals surface area contributed by atoms with E-state index in [9.17, 15) is 9.90 Å². The Labute approximate surface area is 201 Å². The van der Waals surface area contributed by atoms with Crippen LogP contribution in [0.5, 0.6) is 11.5 Å². The van der Waals surface area contributed by atoms with E-state index in [4.69, 9.17) is 20.8 Å². The van der Waals surface area contributed by atoms with Gasteiger partial charge in [-0.2, -0.15) is 5.10 Å². The van der Waals surface area contributed by atoms with Crippen molar-refractivity contribution >= 4 is 17.5 Å². The first kappa shape index (κ1) is 22.1. The minimum absolute atomic E-state index is 0.0481. The average molecular weight is 478 g/mol. The second kappa shape index (κ2) is 8.91. The van der Waals surface area contributed by atoms with Crippen molar-refractivity contribution in [1.29, 1.82) is 0 Å². The molecule has 0 bridgehead atoms. The molecule has 0 saturated heterocycles. The summed E-state index contributed by atoms with van der Waals surface area (Å²) in [6.45, 7) is 4.74. The van der Waals surface area contributed by atoms with Gasteiger partial charge in [-0.1, -0.05) is 30.7 Å². The minimum Gasteiger partial charge on any atom is -0.507 e. The van der Waals surface area contributed by atoms with Crippen LogP contribution in [0.1, 0.15) is 52.3 Å². The predicted octanol–water partition coefficient (Wildman–Crippen LogP) is 5.87. The quantitative estimate of drug-likeness (QED) is 0.347. The summed E-state index contributed by atoms with van der Waals surface area (Å²) in [4.78, 5) is 15.2. The van der Waals surface area contributed by atoms with Gasteiger partial charge in [0.15, 0.2) is 0 Å². The molecule has 1 amide bonds. The van der Waals surface area contributed by atoms with E-state index in [-0.39, 0.29) is 18.2 Å². The van der Waals surface area contributed by atoms with Gasteiger partial charge in [-0.3, -0.25) is 9.89 Å². The fraction of sp³-hybridized carbons (Fsp3) is 0.231. The minimum atomic E-state index is -0.467. The molecule has 1 aliphatic heterocycles. The molecule has 34 heavy (non-hydrogen) atoms. The van der Waals surface area contributed by atoms with Crippen LogP contribution in [-0.4, -0.2) is 32.7 Å². The summed E-state index contributed by atoms with van der Waals surface area (Å²) < 4.78 is 11.4. The summed E-state index contributed by atoms with van der Waals surface area (Å²) in [5.74, 6) is 1.24. The maximum Gasteiger partial charge on any atom is 0.273 e. The number of benzene rings is 2. The zero-order chi connectivity index (χ0) is 23.8. The van der Waals surface area contributed by atoms with Gasteiger partial charge >= 0.3 is 0 Å². The maximum absolute atomic E-state index is 13.5. The topological polar surface area (TPSA) is 91.6 Å². The normalized spacial score (nSPS) is 15.1. The van der Waals surface area contributed by atoms with Gasteiger partial charge < -0.3 is 19.2 Å². The number of nitrogens with zero attached hydrogens (tertiary/aromatic N) is 2. The van der Waals surface area contributed by atoms with Crippen molar-refractivity contribution in [2.75, 3.05) is 6.61 Å². The number of amides is 1. The number of rotatable bonds is 7. The van der Waals surface area contributed by atoms with Gasteiger partial charge in [-0.25, -0.2) is 0 Å². The number of phenols is 1. The molecule has 7 nitrogen and oxygen atoms in total. The van der Waals surface area contributed by atoms with E-state index in [2.05, 4.69) is 10.2 Å². The zero-order valence-electron chi connectivity index (χ0n) is 18.8. The second-order valence-electron chi connectivity index (χ2n) is 8.32. The number of phenolic OH excluding ortho intramolecular Hbond substituents is 1. The van der Waals surface area contributed by atoms with E-state index < -0.39 is 6.04 Å². The SMILES string of the molecule is CCCOc1cccc(C2c3c(-c4cc(Cl)c(C)cc4O)n[nH]c3C(=O)N2Cc2ccco2)c1. The Hall–Kier alpha value is -3.71. The molecule has 0 aliphatic carbocycles. The lowest BCUT2D eigenvalue weighted by Crippen LogP contribution is -2.29. The Kier molecular flexibility index (Phi) is 5.79. The molecule has 0 radical (unpaired) electrons. The van der Waals surface area contributed by atoms with Crippen LogP contribution in [0, 0.1) is 6.92 Å². The van der Waals surface area contributed by atoms with Gasteiger partial charge in [-0.05, 0) is 60.9 Å². The number of nitrogens with one attached hydrogen (secondary N) is 1. The van der Waals surface area contributed by atoms with Crippen molar-refractivity contribution in [3.63, 3.8) is 0 Å². The highest BCUT2D eigenvalue weighted by Gasteiger charge is 2.43. The number of hydrogen-bond donors (Lipinski definition) is 2. The average Bonchev–Trinajstić information content (AvgIpc) is 3.55. The summed E-state index contributed by atoms with van der Waals surface area (Å²) in [5, 5.41) is 18.5. The molecule has 3 heterocycles. The standard InChI is InChI=1S/C26H24ClN3O4/c1-3-9-33-17-7-4-6-16(12-17)25-22-23(19-13-20(27)15(2)11-21(19)31)28-29-24(22)26(32)30(25)14-18-8-5-10-34-18/h4-8,10-13,25,31H,3,9,14H2,1-2H3,(H,28,29). The van der Waals surface area contributed by atoms with Crippen LogP contribution >= 0.6 is 11.6 Å². The third-order valence-corrected chi connectivity index (χ3v) is 6.36. The Morgan fingerprint density at radius 3 is 2.85 bits per heavy atom. The van der Waals surface area contributed by atoms with Gasteiger partial charge in [0.1, 0.15) is 28.6 Å². The molecule has 1 unspecified atom stereocenters. The highest BCUT2D eigenvalue weighted by Crippen LogP contribution is 2.46. The number of fused-ring (bicyclic) bond motifs is 1. The zero-order valence-corrected chi connectivity index (χ0v) is 19.6. The number of halogens is 1. The molecule has 8 heteroatoms. The number of H-pyrrole nitrogens is 1. The molecule has 1 atom stereocenters. The maximum atomic E-state index is 13.5. The number of aromatic amines is 1. The molecule has 2 N–H and O–H groups in total. The Bertz CT molecular complexity index is 1350. The third-order valence-electron chi connectivity index (χ3n) is 5.95. The molecule has 0 fully saturated rings. The van der Waals surface area contributed by atoms with Crippen molar-refractivity contribution < 1.29 is 19.1 Å². The lowest BCUT2D eigenvalue weighted by molar-refractivity contribution is 0.0716. The second-order valence-corrected chi connectivity index (χ2v) is 8.72. The van der Waals surface area contributed by atoms with Crippen LogP contribution < -0.4 is 4.74 Å². The van der Waals surface area contributed by atoms with Crippen molar-refractivity contribution in [3.8, 4) is 22.8 Å². The highest BCUT2D eigenvalue weighted by atomic mass is 35.5. The van der Waals surface area contributed by atoms with Crippen LogP contribution in [0.15, 0.2) is 59.2 Å². The van der Waals surface area contributed by atoms with Crippen LogP contribution in [0.2, 0.25) is 5.02 Å². The summed E-state index contributed by atoms with van der Waals surface area (Å²) in [7, 11) is 0. The number of aryl methyl sites for hydroxylation is 1. The largest absolute Gasteiger partial charge is 0.507 e. The molecule has 4 aromatic rings. The number of hydrogen-bond acceptors (Lipinski definition) is 5. The van der Waals surface area contributed by atoms with Crippen LogP contribution in [-0.2, 0) is 6.54 Å². The summed E-state index contributed by atoms with van der Waals surface area (Å²) in [5.41, 5.74) is 3.62. The molecule has 0 spiro atoms. The van der Waals surface area contributed by atoms with Gasteiger partial charge in [-0.15, -0.1) is 0 Å². The molecule has 2 aromatic carbocycles. The van der Waals surface area contributed by atoms with Gasteiger partial charge in [0.2, 0.25) is 0 Å². The number of ether oxygens (including phenoxy) is 1. The smallest absolute Gasteiger partial charge is 0.273 e. The Balaban J connectivity index is 1.66. The number of aromatic hydroxyl groups is 1. The van der Waals surface area contributed by atoms with Crippen molar-refractivity contribution in [2.45, 2.75) is 32.9 Å². The van der Waals surface area contributed by atoms with E-state index in [1.165, 1.54) is 0 Å². The summed E-state index contributed by atoms with van der Waals surface area (Å²) >= 11 is 6.37. The molecule has 5 rings (SSSR count). The molecule has 174 valence electrons. The number of carbonyl (C=O) groups is 1. The number of furan rings is 1. The van der Waals surface area contributed by atoms with Gasteiger partial charge in [0, 0.05) is 16.1 Å². The first-order valence-electron chi connectivity index (χ1n) is 11.1. The number of aromatic nitrogens is 2. The Morgan fingerprint density at radius 2 is 2.09 bits per heavy atom. The molecular weight excluding hydrogens is 454 g/mol. The summed E-state index contributed by atoms with van der Waals surface area (Å²) in [6.07, 6.45) is 2.48. The fourth-order valence-electron chi connectivity index (χ4n) is 4.33. The van der Waals surface area contributed by atoms with Gasteiger partial charge in [0.05, 0.1) is 25.5 Å². The predicted molar refractivity (Wildman–Crippen MR) is 128 cm³/mol. The molecular formula is C26H24ClN3O4. The monoisotopic (exact) mass is 477 g/mol. The van der Waals surface area contributed by atoms with Crippen molar-refractivity contribution in [3.05, 3.63) is 88.0 Å². The highest BCUT2D eigenvalue weighted by molar-refractivity contribution is 6.31. The van der Waals surface area contributed by atoms with E-state index in [1.54, 1.807) is 29.4 Å². The van der Waals surface area contributed by atoms with E-state index >= 15 is 0 Å². The third kappa shape index (κ3) is 3.82. The molecule has 2 aromatic heterocycles. The van der Waals surface area contributed by atoms with E-state index in [0.29, 0.717) is 39.9 Å². The number of carbonyl (C=O) groups excluding carboxylic acids is 1. The van der Waals surface area contributed by atoms with Crippen molar-refractivity contribution in [2.24, 2.45) is 0 Å². The van der Waals surface area contributed by atoms with Crippen molar-refractivity contribution in [1.82, 2.24) is 15.1 Å². The Morgan fingerprint density at radius 1 is 1.24 bits per heavy atom. The van der Waals surface area contributed by atoms with Gasteiger partial charge in [0.25, 0.3) is 5.91 Å². The van der Waals surface area contributed by atoms with Crippen LogP contribution in [0.25, 0.3) is 11.3 Å². The molecule has 1 aliphatic rings.